The fourth-order valence-corrected chi connectivity index (χ4v) is 1.95. The zero-order valence-electron chi connectivity index (χ0n) is 14.9. The average molecular weight is 344 g/mol. The summed E-state index contributed by atoms with van der Waals surface area (Å²) in [5.74, 6) is -0.665. The molecule has 6 nitrogen and oxygen atoms in total. The van der Waals surface area contributed by atoms with E-state index in [4.69, 9.17) is 19.7 Å². The molecule has 0 fully saturated rings. The van der Waals surface area contributed by atoms with Crippen LogP contribution < -0.4 is 0 Å². The fourth-order valence-electron chi connectivity index (χ4n) is 1.95. The predicted octanol–water partition coefficient (Wildman–Crippen LogP) is 2.51. The van der Waals surface area contributed by atoms with Crippen LogP contribution >= 0.6 is 0 Å². The van der Waals surface area contributed by atoms with Crippen LogP contribution in [0.1, 0.15) is 65.2 Å². The summed E-state index contributed by atoms with van der Waals surface area (Å²) < 4.78 is 9.67. The monoisotopic (exact) mass is 344 g/mol. The van der Waals surface area contributed by atoms with Gasteiger partial charge in [-0.1, -0.05) is 31.8 Å². The molecule has 0 saturated heterocycles. The van der Waals surface area contributed by atoms with Crippen molar-refractivity contribution in [2.75, 3.05) is 13.2 Å². The quantitative estimate of drug-likeness (QED) is 0.286. The highest BCUT2D eigenvalue weighted by molar-refractivity contribution is 5.81. The van der Waals surface area contributed by atoms with Gasteiger partial charge in [0.25, 0.3) is 0 Å². The molecule has 0 aromatic rings. The lowest BCUT2D eigenvalue weighted by Gasteiger charge is -2.06. The van der Waals surface area contributed by atoms with Crippen molar-refractivity contribution in [1.29, 1.82) is 0 Å². The van der Waals surface area contributed by atoms with Gasteiger partial charge in [-0.15, -0.1) is 0 Å². The van der Waals surface area contributed by atoms with Gasteiger partial charge in [0.1, 0.15) is 13.2 Å². The molecule has 0 aromatic carbocycles. The molecule has 2 atom stereocenters. The Morgan fingerprint density at radius 1 is 0.875 bits per heavy atom. The molecule has 0 amide bonds. The van der Waals surface area contributed by atoms with E-state index in [2.05, 4.69) is 0 Å². The number of carbonyl (C=O) groups is 2. The smallest absolute Gasteiger partial charge is 0.330 e. The number of allylic oxidation sites excluding steroid dienone is 1. The Kier molecular flexibility index (Phi) is 14.3. The molecular formula is C18H32O6. The Morgan fingerprint density at radius 3 is 2.04 bits per heavy atom. The van der Waals surface area contributed by atoms with Crippen LogP contribution in [0.4, 0.5) is 0 Å². The summed E-state index contributed by atoms with van der Waals surface area (Å²) in [5.41, 5.74) is 0. The highest BCUT2D eigenvalue weighted by atomic mass is 16.5. The van der Waals surface area contributed by atoms with Crippen molar-refractivity contribution >= 4 is 11.9 Å². The summed E-state index contributed by atoms with van der Waals surface area (Å²) in [6.45, 7) is 3.24. The number of unbranched alkanes of at least 4 members (excludes halogenated alkanes) is 6. The lowest BCUT2D eigenvalue weighted by molar-refractivity contribution is -0.146. The minimum atomic E-state index is -0.637. The Labute approximate surface area is 144 Å². The molecule has 24 heavy (non-hydrogen) atoms. The lowest BCUT2D eigenvalue weighted by atomic mass is 10.1. The Bertz CT molecular complexity index is 363. The van der Waals surface area contributed by atoms with Crippen molar-refractivity contribution < 1.29 is 29.3 Å². The second-order valence-electron chi connectivity index (χ2n) is 6.07. The molecule has 0 saturated carbocycles. The third kappa shape index (κ3) is 17.0. The Morgan fingerprint density at radius 2 is 1.42 bits per heavy atom. The van der Waals surface area contributed by atoms with Gasteiger partial charge in [-0.25, -0.2) is 4.79 Å². The topological polar surface area (TPSA) is 93.1 Å². The van der Waals surface area contributed by atoms with Crippen LogP contribution in [0.5, 0.6) is 0 Å². The van der Waals surface area contributed by atoms with Crippen LogP contribution in [0.2, 0.25) is 0 Å². The number of aliphatic hydroxyl groups excluding tert-OH is 2. The molecule has 6 heteroatoms. The van der Waals surface area contributed by atoms with Gasteiger partial charge in [-0.3, -0.25) is 4.79 Å². The van der Waals surface area contributed by atoms with E-state index in [-0.39, 0.29) is 19.2 Å². The van der Waals surface area contributed by atoms with Gasteiger partial charge in [0.05, 0.1) is 12.2 Å². The van der Waals surface area contributed by atoms with Crippen molar-refractivity contribution in [2.45, 2.75) is 77.4 Å². The molecule has 2 N–H and O–H groups in total. The maximum absolute atomic E-state index is 11.3. The summed E-state index contributed by atoms with van der Waals surface area (Å²) >= 11 is 0. The first-order valence-corrected chi connectivity index (χ1v) is 8.77. The molecule has 0 radical (unpaired) electrons. The van der Waals surface area contributed by atoms with Gasteiger partial charge in [0.15, 0.2) is 0 Å². The van der Waals surface area contributed by atoms with Crippen molar-refractivity contribution in [1.82, 2.24) is 0 Å². The molecule has 0 rings (SSSR count). The molecule has 0 aliphatic rings. The summed E-state index contributed by atoms with van der Waals surface area (Å²) in [5, 5.41) is 18.0. The number of hydrogen-bond donors (Lipinski definition) is 2. The number of hydrogen-bond acceptors (Lipinski definition) is 6. The van der Waals surface area contributed by atoms with Gasteiger partial charge in [-0.05, 0) is 33.1 Å². The molecule has 0 aliphatic carbocycles. The normalized spacial score (nSPS) is 13.7. The van der Waals surface area contributed by atoms with Crippen LogP contribution in [-0.4, -0.2) is 47.6 Å². The lowest BCUT2D eigenvalue weighted by Crippen LogP contribution is -2.14. The third-order valence-corrected chi connectivity index (χ3v) is 3.21. The zero-order chi connectivity index (χ0) is 18.2. The van der Waals surface area contributed by atoms with Crippen LogP contribution in [0.25, 0.3) is 0 Å². The SMILES string of the molecule is CC(O)COC(=O)C=CCCCCCCCCC(=O)OCC(C)O. The minimum Gasteiger partial charge on any atom is -0.463 e. The molecule has 0 spiro atoms. The van der Waals surface area contributed by atoms with E-state index in [1.165, 1.54) is 6.08 Å². The zero-order valence-corrected chi connectivity index (χ0v) is 14.9. The van der Waals surface area contributed by atoms with Crippen molar-refractivity contribution in [3.05, 3.63) is 12.2 Å². The Balaban J connectivity index is 3.36. The predicted molar refractivity (Wildman–Crippen MR) is 91.4 cm³/mol. The molecule has 0 aliphatic heterocycles. The van der Waals surface area contributed by atoms with E-state index in [1.807, 2.05) is 0 Å². The first-order valence-electron chi connectivity index (χ1n) is 8.77. The largest absolute Gasteiger partial charge is 0.463 e. The number of rotatable bonds is 14. The number of esters is 2. The summed E-state index contributed by atoms with van der Waals surface area (Å²) in [6, 6.07) is 0. The van der Waals surface area contributed by atoms with Gasteiger partial charge >= 0.3 is 11.9 Å². The fraction of sp³-hybridized carbons (Fsp3) is 0.778. The van der Waals surface area contributed by atoms with Crippen LogP contribution in [0.3, 0.4) is 0 Å². The van der Waals surface area contributed by atoms with Crippen molar-refractivity contribution in [3.63, 3.8) is 0 Å². The standard InChI is InChI=1S/C18H32O6/c1-15(19)13-23-17(21)11-9-7-5-3-4-6-8-10-12-18(22)24-14-16(2)20/h9,11,15-16,19-20H,3-8,10,12-14H2,1-2H3. The van der Waals surface area contributed by atoms with E-state index in [0.717, 1.165) is 44.9 Å². The third-order valence-electron chi connectivity index (χ3n) is 3.21. The van der Waals surface area contributed by atoms with Gasteiger partial charge in [0, 0.05) is 12.5 Å². The van der Waals surface area contributed by atoms with Crippen LogP contribution in [0, 0.1) is 0 Å². The molecular weight excluding hydrogens is 312 g/mol. The van der Waals surface area contributed by atoms with E-state index in [9.17, 15) is 9.59 Å². The average Bonchev–Trinajstić information content (AvgIpc) is 2.52. The van der Waals surface area contributed by atoms with E-state index in [0.29, 0.717) is 6.42 Å². The highest BCUT2D eigenvalue weighted by Gasteiger charge is 2.04. The maximum atomic E-state index is 11.3. The van der Waals surface area contributed by atoms with Crippen LogP contribution in [0.15, 0.2) is 12.2 Å². The van der Waals surface area contributed by atoms with E-state index in [1.54, 1.807) is 19.9 Å². The molecule has 0 bridgehead atoms. The summed E-state index contributed by atoms with van der Waals surface area (Å²) in [7, 11) is 0. The summed E-state index contributed by atoms with van der Waals surface area (Å²) in [6.07, 6.45) is 9.26. The number of aliphatic hydroxyl groups is 2. The second-order valence-corrected chi connectivity index (χ2v) is 6.07. The molecule has 2 unspecified atom stereocenters. The van der Waals surface area contributed by atoms with E-state index >= 15 is 0 Å². The van der Waals surface area contributed by atoms with Crippen LogP contribution in [-0.2, 0) is 19.1 Å². The second kappa shape index (κ2) is 15.1. The Hall–Kier alpha value is -1.40. The van der Waals surface area contributed by atoms with Crippen molar-refractivity contribution in [2.24, 2.45) is 0 Å². The van der Waals surface area contributed by atoms with Gasteiger partial charge in [-0.2, -0.15) is 0 Å². The molecule has 0 aromatic heterocycles. The first kappa shape index (κ1) is 22.6. The number of carbonyl (C=O) groups excluding carboxylic acids is 2. The summed E-state index contributed by atoms with van der Waals surface area (Å²) in [4.78, 5) is 22.5. The van der Waals surface area contributed by atoms with Gasteiger partial charge in [0.2, 0.25) is 0 Å². The minimum absolute atomic E-state index is 0.0236. The first-order chi connectivity index (χ1) is 11.4. The van der Waals surface area contributed by atoms with Crippen molar-refractivity contribution in [3.8, 4) is 0 Å². The van der Waals surface area contributed by atoms with Gasteiger partial charge < -0.3 is 19.7 Å². The highest BCUT2D eigenvalue weighted by Crippen LogP contribution is 2.09. The number of ether oxygens (including phenoxy) is 2. The maximum Gasteiger partial charge on any atom is 0.330 e. The van der Waals surface area contributed by atoms with E-state index < -0.39 is 18.2 Å². The molecule has 0 heterocycles. The molecule has 140 valence electrons.